The minimum absolute atomic E-state index is 0.0440. The lowest BCUT2D eigenvalue weighted by atomic mass is 9.98. The molecule has 0 aliphatic heterocycles. The Bertz CT molecular complexity index is 298. The summed E-state index contributed by atoms with van der Waals surface area (Å²) in [5.74, 6) is 0. The lowest BCUT2D eigenvalue weighted by molar-refractivity contribution is 0.0102. The third-order valence-electron chi connectivity index (χ3n) is 2.25. The Morgan fingerprint density at radius 2 is 2.29 bits per heavy atom. The molecule has 0 amide bonds. The summed E-state index contributed by atoms with van der Waals surface area (Å²) >= 11 is 7.59. The van der Waals surface area contributed by atoms with Gasteiger partial charge in [-0.15, -0.1) is 11.3 Å². The zero-order chi connectivity index (χ0) is 10.8. The first-order valence-electron chi connectivity index (χ1n) is 4.50. The molecule has 4 heteroatoms. The maximum absolute atomic E-state index is 6.05. The van der Waals surface area contributed by atoms with Gasteiger partial charge in [-0.25, -0.2) is 0 Å². The Morgan fingerprint density at radius 3 is 2.71 bits per heavy atom. The highest BCUT2D eigenvalue weighted by Gasteiger charge is 2.23. The zero-order valence-corrected chi connectivity index (χ0v) is 10.3. The van der Waals surface area contributed by atoms with Crippen LogP contribution in [0.15, 0.2) is 11.4 Å². The molecular weight excluding hydrogens is 218 g/mol. The summed E-state index contributed by atoms with van der Waals surface area (Å²) in [5, 5.41) is 2.71. The highest BCUT2D eigenvalue weighted by atomic mass is 35.5. The van der Waals surface area contributed by atoms with Gasteiger partial charge in [0, 0.05) is 18.0 Å². The Labute approximate surface area is 94.0 Å². The molecule has 0 saturated heterocycles. The second-order valence-corrected chi connectivity index (χ2v) is 5.26. The van der Waals surface area contributed by atoms with E-state index in [4.69, 9.17) is 22.1 Å². The van der Waals surface area contributed by atoms with E-state index in [1.165, 1.54) is 0 Å². The van der Waals surface area contributed by atoms with E-state index in [-0.39, 0.29) is 11.6 Å². The molecule has 0 aliphatic carbocycles. The molecule has 1 aromatic heterocycles. The van der Waals surface area contributed by atoms with Crippen molar-refractivity contribution in [1.82, 2.24) is 0 Å². The normalized spacial score (nSPS) is 14.4. The van der Waals surface area contributed by atoms with Crippen LogP contribution in [-0.4, -0.2) is 12.7 Å². The molecule has 2 nitrogen and oxygen atoms in total. The van der Waals surface area contributed by atoms with Crippen LogP contribution < -0.4 is 5.73 Å². The number of halogens is 1. The Morgan fingerprint density at radius 1 is 1.64 bits per heavy atom. The van der Waals surface area contributed by atoms with Gasteiger partial charge in [0.05, 0.1) is 10.6 Å². The predicted octanol–water partition coefficient (Wildman–Crippen LogP) is 3.22. The van der Waals surface area contributed by atoms with E-state index in [0.717, 1.165) is 16.3 Å². The van der Waals surface area contributed by atoms with Gasteiger partial charge in [-0.3, -0.25) is 0 Å². The Kier molecular flexibility index (Phi) is 3.95. The van der Waals surface area contributed by atoms with Crippen LogP contribution in [0.5, 0.6) is 0 Å². The van der Waals surface area contributed by atoms with E-state index in [2.05, 4.69) is 0 Å². The smallest absolute Gasteiger partial charge is 0.0641 e. The number of ether oxygens (including phenoxy) is 1. The monoisotopic (exact) mass is 233 g/mol. The quantitative estimate of drug-likeness (QED) is 0.867. The summed E-state index contributed by atoms with van der Waals surface area (Å²) in [6.45, 7) is 4.04. The number of methoxy groups -OCH3 is 1. The summed E-state index contributed by atoms with van der Waals surface area (Å²) in [7, 11) is 1.70. The molecular formula is C10H16ClNOS. The Balaban J connectivity index is 2.68. The summed E-state index contributed by atoms with van der Waals surface area (Å²) in [6.07, 6.45) is 0.768. The molecule has 1 atom stereocenters. The van der Waals surface area contributed by atoms with Gasteiger partial charge in [0.2, 0.25) is 0 Å². The van der Waals surface area contributed by atoms with Gasteiger partial charge in [0.1, 0.15) is 0 Å². The largest absolute Gasteiger partial charge is 0.379 e. The summed E-state index contributed by atoms with van der Waals surface area (Å²) in [5.41, 5.74) is 5.85. The van der Waals surface area contributed by atoms with E-state index in [0.29, 0.717) is 0 Å². The molecule has 0 aromatic carbocycles. The molecule has 80 valence electrons. The molecule has 1 rings (SSSR count). The fourth-order valence-corrected chi connectivity index (χ4v) is 2.48. The number of hydrogen-bond donors (Lipinski definition) is 1. The summed E-state index contributed by atoms with van der Waals surface area (Å²) < 4.78 is 5.33. The van der Waals surface area contributed by atoms with Crippen LogP contribution in [0.25, 0.3) is 0 Å². The first kappa shape index (κ1) is 12.0. The van der Waals surface area contributed by atoms with E-state index < -0.39 is 0 Å². The van der Waals surface area contributed by atoms with Crippen molar-refractivity contribution in [2.45, 2.75) is 31.9 Å². The molecule has 1 unspecified atom stereocenters. The van der Waals surface area contributed by atoms with Crippen molar-refractivity contribution in [1.29, 1.82) is 0 Å². The molecule has 0 aliphatic rings. The summed E-state index contributed by atoms with van der Waals surface area (Å²) in [4.78, 5) is 1.04. The van der Waals surface area contributed by atoms with Gasteiger partial charge >= 0.3 is 0 Å². The predicted molar refractivity (Wildman–Crippen MR) is 62.0 cm³/mol. The van der Waals surface area contributed by atoms with Crippen molar-refractivity contribution >= 4 is 22.9 Å². The number of rotatable bonds is 4. The minimum Gasteiger partial charge on any atom is -0.379 e. The molecule has 1 aromatic rings. The van der Waals surface area contributed by atoms with Crippen molar-refractivity contribution in [3.05, 3.63) is 21.3 Å². The standard InChI is InChI=1S/C10H16ClNOS/c1-10(2,13-3)6-8(12)9-7(11)4-5-14-9/h4-5,8H,6,12H2,1-3H3. The van der Waals surface area contributed by atoms with Crippen LogP contribution in [0.4, 0.5) is 0 Å². The van der Waals surface area contributed by atoms with Gasteiger partial charge in [-0.1, -0.05) is 11.6 Å². The molecule has 0 fully saturated rings. The van der Waals surface area contributed by atoms with Crippen LogP contribution >= 0.6 is 22.9 Å². The maximum atomic E-state index is 6.05. The second-order valence-electron chi connectivity index (χ2n) is 3.91. The van der Waals surface area contributed by atoms with E-state index in [1.54, 1.807) is 18.4 Å². The van der Waals surface area contributed by atoms with Crippen molar-refractivity contribution < 1.29 is 4.74 Å². The topological polar surface area (TPSA) is 35.2 Å². The molecule has 0 bridgehead atoms. The highest BCUT2D eigenvalue weighted by molar-refractivity contribution is 7.10. The molecule has 0 radical (unpaired) electrons. The van der Waals surface area contributed by atoms with Gasteiger partial charge < -0.3 is 10.5 Å². The lowest BCUT2D eigenvalue weighted by Gasteiger charge is -2.26. The van der Waals surface area contributed by atoms with Gasteiger partial charge in [0.15, 0.2) is 0 Å². The van der Waals surface area contributed by atoms with Crippen molar-refractivity contribution in [2.75, 3.05) is 7.11 Å². The van der Waals surface area contributed by atoms with E-state index >= 15 is 0 Å². The van der Waals surface area contributed by atoms with Crippen LogP contribution in [0.1, 0.15) is 31.2 Å². The molecule has 0 spiro atoms. The van der Waals surface area contributed by atoms with E-state index in [9.17, 15) is 0 Å². The number of hydrogen-bond acceptors (Lipinski definition) is 3. The zero-order valence-electron chi connectivity index (χ0n) is 8.71. The van der Waals surface area contributed by atoms with Gasteiger partial charge in [0.25, 0.3) is 0 Å². The summed E-state index contributed by atoms with van der Waals surface area (Å²) in [6, 6.07) is 1.83. The fraction of sp³-hybridized carbons (Fsp3) is 0.600. The molecule has 1 heterocycles. The number of nitrogens with two attached hydrogens (primary N) is 1. The van der Waals surface area contributed by atoms with Crippen molar-refractivity contribution in [2.24, 2.45) is 5.73 Å². The average Bonchev–Trinajstić information content (AvgIpc) is 2.51. The van der Waals surface area contributed by atoms with Gasteiger partial charge in [-0.05, 0) is 31.7 Å². The maximum Gasteiger partial charge on any atom is 0.0641 e. The molecule has 2 N–H and O–H groups in total. The van der Waals surface area contributed by atoms with Crippen LogP contribution in [0, 0.1) is 0 Å². The van der Waals surface area contributed by atoms with Crippen LogP contribution in [0.3, 0.4) is 0 Å². The van der Waals surface area contributed by atoms with Crippen LogP contribution in [-0.2, 0) is 4.74 Å². The minimum atomic E-state index is -0.202. The third-order valence-corrected chi connectivity index (χ3v) is 3.74. The Hall–Kier alpha value is -0.0900. The lowest BCUT2D eigenvalue weighted by Crippen LogP contribution is -2.28. The van der Waals surface area contributed by atoms with E-state index in [1.807, 2.05) is 25.3 Å². The van der Waals surface area contributed by atoms with Gasteiger partial charge in [-0.2, -0.15) is 0 Å². The highest BCUT2D eigenvalue weighted by Crippen LogP contribution is 2.32. The second kappa shape index (κ2) is 4.62. The fourth-order valence-electron chi connectivity index (χ4n) is 1.28. The van der Waals surface area contributed by atoms with Crippen molar-refractivity contribution in [3.63, 3.8) is 0 Å². The third kappa shape index (κ3) is 2.95. The first-order chi connectivity index (χ1) is 6.46. The molecule has 0 saturated carbocycles. The van der Waals surface area contributed by atoms with Crippen LogP contribution in [0.2, 0.25) is 5.02 Å². The average molecular weight is 234 g/mol. The first-order valence-corrected chi connectivity index (χ1v) is 5.75. The molecule has 14 heavy (non-hydrogen) atoms. The van der Waals surface area contributed by atoms with Crippen molar-refractivity contribution in [3.8, 4) is 0 Å². The number of thiophene rings is 1. The SMILES string of the molecule is COC(C)(C)CC(N)c1sccc1Cl.